The fourth-order valence-electron chi connectivity index (χ4n) is 3.56. The molecule has 1 aliphatic rings. The summed E-state index contributed by atoms with van der Waals surface area (Å²) in [6, 6.07) is 10.2. The largest absolute Gasteiger partial charge is 0.469 e. The summed E-state index contributed by atoms with van der Waals surface area (Å²) < 4.78 is 5.11. The molecule has 0 bridgehead atoms. The lowest BCUT2D eigenvalue weighted by Gasteiger charge is -2.37. The van der Waals surface area contributed by atoms with Crippen molar-refractivity contribution in [3.05, 3.63) is 35.4 Å². The zero-order chi connectivity index (χ0) is 16.0. The molecule has 0 amide bonds. The fourth-order valence-corrected chi connectivity index (χ4v) is 3.56. The topological polar surface area (TPSA) is 50.1 Å². The van der Waals surface area contributed by atoms with E-state index in [0.29, 0.717) is 6.42 Å². The maximum absolute atomic E-state index is 12.4. The fraction of sp³-hybridized carbons (Fsp3) is 0.579. The number of ether oxygens (including phenoxy) is 1. The van der Waals surface area contributed by atoms with E-state index in [9.17, 15) is 4.79 Å². The van der Waals surface area contributed by atoms with E-state index in [2.05, 4.69) is 13.0 Å². The highest BCUT2D eigenvalue weighted by atomic mass is 16.5. The van der Waals surface area contributed by atoms with Crippen molar-refractivity contribution < 1.29 is 9.53 Å². The van der Waals surface area contributed by atoms with Crippen molar-refractivity contribution in [2.24, 2.45) is 11.3 Å². The molecule has 0 spiro atoms. The van der Waals surface area contributed by atoms with Crippen LogP contribution in [0.15, 0.2) is 24.3 Å². The SMILES string of the molecule is CCC1CCC(Cc2ccc(CC#N)cc2)(C(=O)OC)CC1. The number of carbonyl (C=O) groups excluding carboxylic acids is 1. The van der Waals surface area contributed by atoms with E-state index in [0.717, 1.165) is 49.1 Å². The van der Waals surface area contributed by atoms with Gasteiger partial charge in [0, 0.05) is 0 Å². The van der Waals surface area contributed by atoms with Crippen LogP contribution in [-0.2, 0) is 22.4 Å². The van der Waals surface area contributed by atoms with E-state index in [-0.39, 0.29) is 11.4 Å². The Bertz CT molecular complexity index is 534. The van der Waals surface area contributed by atoms with Crippen LogP contribution >= 0.6 is 0 Å². The van der Waals surface area contributed by atoms with Crippen LogP contribution in [0.3, 0.4) is 0 Å². The summed E-state index contributed by atoms with van der Waals surface area (Å²) in [5, 5.41) is 8.73. The van der Waals surface area contributed by atoms with Crippen molar-refractivity contribution in [3.63, 3.8) is 0 Å². The van der Waals surface area contributed by atoms with E-state index in [4.69, 9.17) is 10.00 Å². The second kappa shape index (κ2) is 7.45. The normalized spacial score (nSPS) is 24.5. The first-order valence-corrected chi connectivity index (χ1v) is 8.16. The average molecular weight is 299 g/mol. The standard InChI is InChI=1S/C19H25NO2/c1-3-15-8-11-19(12-9-15,18(21)22-2)14-17-6-4-16(5-7-17)10-13-20/h4-7,15H,3,8-12,14H2,1-2H3. The van der Waals surface area contributed by atoms with Crippen LogP contribution in [0.4, 0.5) is 0 Å². The first-order chi connectivity index (χ1) is 10.6. The van der Waals surface area contributed by atoms with Crippen molar-refractivity contribution in [1.29, 1.82) is 5.26 Å². The van der Waals surface area contributed by atoms with Crippen LogP contribution in [0.1, 0.15) is 50.2 Å². The van der Waals surface area contributed by atoms with Crippen LogP contribution in [0.2, 0.25) is 0 Å². The van der Waals surface area contributed by atoms with E-state index >= 15 is 0 Å². The molecule has 0 atom stereocenters. The second-order valence-electron chi connectivity index (χ2n) is 6.45. The molecule has 0 unspecified atom stereocenters. The molecule has 3 heteroatoms. The van der Waals surface area contributed by atoms with E-state index in [1.54, 1.807) is 0 Å². The molecule has 0 aromatic heterocycles. The number of hydrogen-bond acceptors (Lipinski definition) is 3. The van der Waals surface area contributed by atoms with E-state index in [1.165, 1.54) is 13.5 Å². The molecule has 22 heavy (non-hydrogen) atoms. The number of nitriles is 1. The quantitative estimate of drug-likeness (QED) is 0.770. The third-order valence-corrected chi connectivity index (χ3v) is 5.11. The van der Waals surface area contributed by atoms with Crippen molar-refractivity contribution in [2.45, 2.75) is 51.9 Å². The van der Waals surface area contributed by atoms with Gasteiger partial charge in [-0.3, -0.25) is 4.79 Å². The third kappa shape index (κ3) is 3.68. The van der Waals surface area contributed by atoms with Crippen LogP contribution < -0.4 is 0 Å². The Morgan fingerprint density at radius 3 is 2.36 bits per heavy atom. The van der Waals surface area contributed by atoms with Gasteiger partial charge in [0.1, 0.15) is 0 Å². The Hall–Kier alpha value is -1.82. The van der Waals surface area contributed by atoms with Crippen molar-refractivity contribution >= 4 is 5.97 Å². The maximum atomic E-state index is 12.4. The molecule has 0 heterocycles. The Labute approximate surface area is 133 Å². The summed E-state index contributed by atoms with van der Waals surface area (Å²) in [4.78, 5) is 12.4. The lowest BCUT2D eigenvalue weighted by molar-refractivity contribution is -0.155. The van der Waals surface area contributed by atoms with Crippen molar-refractivity contribution in [1.82, 2.24) is 0 Å². The number of methoxy groups -OCH3 is 1. The highest BCUT2D eigenvalue weighted by Crippen LogP contribution is 2.43. The number of rotatable bonds is 5. The van der Waals surface area contributed by atoms with Gasteiger partial charge >= 0.3 is 5.97 Å². The van der Waals surface area contributed by atoms with Gasteiger partial charge in [-0.1, -0.05) is 37.6 Å². The van der Waals surface area contributed by atoms with E-state index in [1.807, 2.05) is 24.3 Å². The van der Waals surface area contributed by atoms with Gasteiger partial charge in [-0.05, 0) is 49.1 Å². The number of hydrogen-bond donors (Lipinski definition) is 0. The third-order valence-electron chi connectivity index (χ3n) is 5.11. The lowest BCUT2D eigenvalue weighted by atomic mass is 9.67. The smallest absolute Gasteiger partial charge is 0.312 e. The number of carbonyl (C=O) groups is 1. The minimum Gasteiger partial charge on any atom is -0.469 e. The number of nitrogens with zero attached hydrogens (tertiary/aromatic N) is 1. The summed E-state index contributed by atoms with van der Waals surface area (Å²) >= 11 is 0. The Morgan fingerprint density at radius 2 is 1.86 bits per heavy atom. The molecule has 1 aromatic rings. The molecule has 3 nitrogen and oxygen atoms in total. The second-order valence-corrected chi connectivity index (χ2v) is 6.45. The minimum absolute atomic E-state index is 0.0665. The summed E-state index contributed by atoms with van der Waals surface area (Å²) in [5.74, 6) is 0.680. The van der Waals surface area contributed by atoms with Gasteiger partial charge < -0.3 is 4.74 Å². The molecular weight excluding hydrogens is 274 g/mol. The zero-order valence-corrected chi connectivity index (χ0v) is 13.6. The van der Waals surface area contributed by atoms with Gasteiger partial charge in [-0.2, -0.15) is 5.26 Å². The Kier molecular flexibility index (Phi) is 5.60. The van der Waals surface area contributed by atoms with Crippen LogP contribution in [0, 0.1) is 22.7 Å². The average Bonchev–Trinajstić information content (AvgIpc) is 2.57. The van der Waals surface area contributed by atoms with Crippen molar-refractivity contribution in [3.8, 4) is 6.07 Å². The Morgan fingerprint density at radius 1 is 1.27 bits per heavy atom. The Balaban J connectivity index is 2.13. The summed E-state index contributed by atoms with van der Waals surface area (Å²) in [5.41, 5.74) is 1.81. The summed E-state index contributed by atoms with van der Waals surface area (Å²) in [6.45, 7) is 2.23. The predicted molar refractivity (Wildman–Crippen MR) is 86.2 cm³/mol. The van der Waals surface area contributed by atoms with Crippen LogP contribution in [0.25, 0.3) is 0 Å². The summed E-state index contributed by atoms with van der Waals surface area (Å²) in [7, 11) is 1.49. The van der Waals surface area contributed by atoms with E-state index < -0.39 is 0 Å². The molecule has 1 fully saturated rings. The molecule has 0 N–H and O–H groups in total. The van der Waals surface area contributed by atoms with Crippen LogP contribution in [-0.4, -0.2) is 13.1 Å². The lowest BCUT2D eigenvalue weighted by Crippen LogP contribution is -2.38. The van der Waals surface area contributed by atoms with Crippen molar-refractivity contribution in [2.75, 3.05) is 7.11 Å². The molecule has 2 rings (SSSR count). The van der Waals surface area contributed by atoms with Gasteiger partial charge in [0.2, 0.25) is 0 Å². The first kappa shape index (κ1) is 16.5. The predicted octanol–water partition coefficient (Wildman–Crippen LogP) is 4.05. The zero-order valence-electron chi connectivity index (χ0n) is 13.6. The molecule has 0 saturated heterocycles. The molecule has 118 valence electrons. The van der Waals surface area contributed by atoms with Gasteiger partial charge in [0.05, 0.1) is 25.0 Å². The van der Waals surface area contributed by atoms with Crippen LogP contribution in [0.5, 0.6) is 0 Å². The molecular formula is C19H25NO2. The molecule has 1 aliphatic carbocycles. The highest BCUT2D eigenvalue weighted by molar-refractivity contribution is 5.77. The molecule has 1 aromatic carbocycles. The molecule has 0 radical (unpaired) electrons. The molecule has 0 aliphatic heterocycles. The van der Waals surface area contributed by atoms with Gasteiger partial charge in [-0.25, -0.2) is 0 Å². The number of esters is 1. The monoisotopic (exact) mass is 299 g/mol. The highest BCUT2D eigenvalue weighted by Gasteiger charge is 2.42. The van der Waals surface area contributed by atoms with Gasteiger partial charge in [0.15, 0.2) is 0 Å². The maximum Gasteiger partial charge on any atom is 0.312 e. The van der Waals surface area contributed by atoms with Gasteiger partial charge in [-0.15, -0.1) is 0 Å². The summed E-state index contributed by atoms with van der Waals surface area (Å²) in [6.07, 6.45) is 6.41. The molecule has 1 saturated carbocycles. The van der Waals surface area contributed by atoms with Gasteiger partial charge in [0.25, 0.3) is 0 Å². The number of benzene rings is 1. The first-order valence-electron chi connectivity index (χ1n) is 8.16. The minimum atomic E-state index is -0.364.